The second kappa shape index (κ2) is 26.6. The summed E-state index contributed by atoms with van der Waals surface area (Å²) in [5.74, 6) is -1.33. The van der Waals surface area contributed by atoms with E-state index in [0.717, 1.165) is 36.8 Å². The number of halogens is 3. The molecule has 462 valence electrons. The number of ether oxygens (including phenoxy) is 1. The minimum atomic E-state index is -5.80. The minimum absolute atomic E-state index is 0. The number of aliphatic hydroxyl groups is 3. The molecule has 0 spiro atoms. The number of allylic oxidation sites excluding steroid dienone is 8. The molecule has 0 heterocycles. The van der Waals surface area contributed by atoms with Crippen molar-refractivity contribution in [3.05, 3.63) is 47.6 Å². The maximum atomic E-state index is 13.6. The normalized spacial score (nSPS) is 34.7. The number of carbonyl (C=O) groups excluding carboxylic acids is 6. The summed E-state index contributed by atoms with van der Waals surface area (Å²) >= 11 is 0. The zero-order valence-electron chi connectivity index (χ0n) is 45.5. The first-order valence-corrected chi connectivity index (χ1v) is 31.4. The second-order valence-corrected chi connectivity index (χ2v) is 28.0. The van der Waals surface area contributed by atoms with Crippen LogP contribution in [-0.2, 0) is 75.0 Å². The van der Waals surface area contributed by atoms with Gasteiger partial charge in [0.1, 0.15) is 42.3 Å². The molecule has 0 amide bonds. The quantitative estimate of drug-likeness (QED) is 0.0653. The summed E-state index contributed by atoms with van der Waals surface area (Å²) in [5, 5.41) is 32.2. The number of alkyl halides is 3. The van der Waals surface area contributed by atoms with E-state index in [9.17, 15) is 74.8 Å². The lowest BCUT2D eigenvalue weighted by molar-refractivity contribution is -0.170. The van der Waals surface area contributed by atoms with Crippen molar-refractivity contribution in [1.29, 1.82) is 0 Å². The van der Waals surface area contributed by atoms with Crippen LogP contribution < -0.4 is 0 Å². The third kappa shape index (κ3) is 13.3. The molecule has 12 atom stereocenters. The van der Waals surface area contributed by atoms with Crippen LogP contribution in [0.15, 0.2) is 47.6 Å². The number of fused-ring (bicyclic) bond motifs is 10. The molecule has 81 heavy (non-hydrogen) atoms. The molecule has 25 heteroatoms. The highest BCUT2D eigenvalue weighted by Crippen LogP contribution is 2.68. The van der Waals surface area contributed by atoms with Gasteiger partial charge in [-0.15, -0.1) is 0 Å². The van der Waals surface area contributed by atoms with E-state index in [2.05, 4.69) is 13.2 Å². The number of hydrogen-bond acceptors (Lipinski definition) is 19. The van der Waals surface area contributed by atoms with Crippen molar-refractivity contribution in [3.63, 3.8) is 0 Å². The van der Waals surface area contributed by atoms with Crippen LogP contribution in [0, 0.1) is 57.2 Å². The molecule has 0 aromatic heterocycles. The molecule has 8 rings (SSSR count). The van der Waals surface area contributed by atoms with E-state index in [-0.39, 0.29) is 133 Å². The highest BCUT2D eigenvalue weighted by Gasteiger charge is 2.70. The largest absolute Gasteiger partial charge is 0.523 e. The third-order valence-electron chi connectivity index (χ3n) is 18.3. The first-order valence-electron chi connectivity index (χ1n) is 26.5. The molecule has 8 aliphatic rings. The minimum Gasteiger partial charge on any atom is -0.388 e. The van der Waals surface area contributed by atoms with E-state index in [1.54, 1.807) is 38.2 Å². The third-order valence-corrected chi connectivity index (χ3v) is 23.0. The van der Waals surface area contributed by atoms with Gasteiger partial charge >= 0.3 is 30.8 Å². The molecule has 0 aliphatic heterocycles. The van der Waals surface area contributed by atoms with E-state index < -0.39 is 94.8 Å². The lowest BCUT2D eigenvalue weighted by Crippen LogP contribution is -2.60. The van der Waals surface area contributed by atoms with E-state index in [0.29, 0.717) is 19.3 Å². The van der Waals surface area contributed by atoms with Gasteiger partial charge in [-0.3, -0.25) is 42.1 Å². The van der Waals surface area contributed by atoms with Gasteiger partial charge in [-0.1, -0.05) is 73.3 Å². The number of carbonyl (C=O) groups is 6. The molecule has 6 saturated carbocycles. The Morgan fingerprint density at radius 3 is 1.37 bits per heavy atom. The number of ketones is 6. The number of Topliss-reactive ketones (excluding diaryl/α,β-unsaturated/α-hetero) is 4. The maximum absolute atomic E-state index is 13.6. The summed E-state index contributed by atoms with van der Waals surface area (Å²) in [6, 6.07) is 0. The van der Waals surface area contributed by atoms with Crippen LogP contribution in [-0.4, -0.2) is 127 Å². The maximum Gasteiger partial charge on any atom is 0.523 e. The van der Waals surface area contributed by atoms with Gasteiger partial charge in [-0.25, -0.2) is 0 Å². The molecule has 19 nitrogen and oxygen atoms in total. The van der Waals surface area contributed by atoms with Crippen LogP contribution in [0.4, 0.5) is 13.2 Å². The fourth-order valence-electron chi connectivity index (χ4n) is 14.7. The molecule has 0 aromatic carbocycles. The van der Waals surface area contributed by atoms with E-state index >= 15 is 0 Å². The molecule has 0 saturated heterocycles. The average Bonchev–Trinajstić information content (AvgIpc) is 4.08. The lowest BCUT2D eigenvalue weighted by atomic mass is 9.46. The van der Waals surface area contributed by atoms with Crippen molar-refractivity contribution in [1.82, 2.24) is 0 Å². The van der Waals surface area contributed by atoms with Gasteiger partial charge in [0.05, 0.1) is 26.4 Å². The van der Waals surface area contributed by atoms with Crippen molar-refractivity contribution >= 4 is 60.0 Å². The summed E-state index contributed by atoms with van der Waals surface area (Å²) in [4.78, 5) is 76.3. The van der Waals surface area contributed by atoms with Gasteiger partial charge in [-0.2, -0.15) is 21.6 Å². The van der Waals surface area contributed by atoms with Crippen LogP contribution in [0.5, 0.6) is 0 Å². The predicted octanol–water partition coefficient (Wildman–Crippen LogP) is 9.76. The molecular weight excluding hydrogens is 1130 g/mol. The van der Waals surface area contributed by atoms with Crippen LogP contribution in [0.1, 0.15) is 142 Å². The van der Waals surface area contributed by atoms with Gasteiger partial charge in [-0.05, 0) is 127 Å². The summed E-state index contributed by atoms with van der Waals surface area (Å²) in [5.41, 5.74) is -9.53. The molecular formula is C56H87F3O19P2S. The Hall–Kier alpha value is -3.18. The Balaban J connectivity index is 0.000000333. The molecule has 6 fully saturated rings. The second-order valence-electron chi connectivity index (χ2n) is 22.4. The summed E-state index contributed by atoms with van der Waals surface area (Å²) in [7, 11) is -13.3. The van der Waals surface area contributed by atoms with Crippen molar-refractivity contribution < 1.29 is 102 Å². The summed E-state index contributed by atoms with van der Waals surface area (Å²) in [6.45, 7) is 13.0. The first-order chi connectivity index (χ1) is 36.2. The Morgan fingerprint density at radius 2 is 1.01 bits per heavy atom. The summed E-state index contributed by atoms with van der Waals surface area (Å²) in [6.07, 6.45) is 13.7. The van der Waals surface area contributed by atoms with Crippen molar-refractivity contribution in [2.75, 3.05) is 52.3 Å². The fourth-order valence-corrected chi connectivity index (χ4v) is 18.2. The van der Waals surface area contributed by atoms with E-state index in [1.807, 2.05) is 39.8 Å². The molecule has 8 aliphatic carbocycles. The zero-order valence-corrected chi connectivity index (χ0v) is 48.1. The first kappa shape index (κ1) is 72.1. The molecule has 0 aromatic rings. The monoisotopic (exact) mass is 1210 g/mol. The zero-order chi connectivity index (χ0) is 58.3. The average molecular weight is 1220 g/mol. The van der Waals surface area contributed by atoms with Crippen molar-refractivity contribution in [2.45, 2.75) is 159 Å². The van der Waals surface area contributed by atoms with E-state index in [4.69, 9.17) is 13.8 Å². The van der Waals surface area contributed by atoms with E-state index in [1.165, 1.54) is 13.8 Å². The Labute approximate surface area is 475 Å². The van der Waals surface area contributed by atoms with Crippen LogP contribution in [0.25, 0.3) is 0 Å². The molecule has 3 N–H and O–H groups in total. The number of rotatable bonds is 18. The fraction of sp³-hybridized carbons (Fsp3) is 0.750. The van der Waals surface area contributed by atoms with Crippen LogP contribution >= 0.6 is 15.2 Å². The smallest absolute Gasteiger partial charge is 0.388 e. The number of aliphatic hydroxyl groups excluding tert-OH is 1. The van der Waals surface area contributed by atoms with Gasteiger partial charge in [0.25, 0.3) is 0 Å². The van der Waals surface area contributed by atoms with Crippen molar-refractivity contribution in [2.24, 2.45) is 57.2 Å². The lowest BCUT2D eigenvalue weighted by Gasteiger charge is -2.56. The topological polar surface area (TPSA) is 287 Å². The van der Waals surface area contributed by atoms with Gasteiger partial charge in [0.2, 0.25) is 0 Å². The molecule has 0 radical (unpaired) electrons. The highest BCUT2D eigenvalue weighted by atomic mass is 32.2. The van der Waals surface area contributed by atoms with Crippen LogP contribution in [0.2, 0.25) is 0 Å². The Bertz CT molecular complexity index is 2700. The molecule has 0 bridgehead atoms. The van der Waals surface area contributed by atoms with Crippen molar-refractivity contribution in [3.8, 4) is 0 Å². The van der Waals surface area contributed by atoms with Gasteiger partial charge < -0.3 is 38.2 Å². The van der Waals surface area contributed by atoms with Crippen LogP contribution in [0.3, 0.4) is 0 Å². The van der Waals surface area contributed by atoms with Gasteiger partial charge in [0.15, 0.2) is 29.5 Å². The highest BCUT2D eigenvalue weighted by molar-refractivity contribution is 7.87. The SMILES string of the molecule is C.C.C.CCOP(=O)(COCC(=O)[C@@]1(O)CC[C@H]2[C@@H]3CCC4=CC(=O)C=C[C@]4(C)[C@H]3C(=O)C[C@@]21C)OCC.CCOP(=O)(COS(=O)(=O)C(F)(F)F)OCC.C[C@]12C=CC(=O)C=C1CC[C@@H]1[C@@H]2C(=O)C[C@@]2(C)[C@H]1CC[C@]2(O)C(=O)CO. The summed E-state index contributed by atoms with van der Waals surface area (Å²) < 4.78 is 110. The molecule has 0 unspecified atom stereocenters. The Morgan fingerprint density at radius 1 is 0.642 bits per heavy atom. The predicted molar refractivity (Wildman–Crippen MR) is 295 cm³/mol. The van der Waals surface area contributed by atoms with Gasteiger partial charge in [0, 0.05) is 46.3 Å². The Kier molecular flexibility index (Phi) is 23.7. The number of hydrogen-bond donors (Lipinski definition) is 3. The standard InChI is InChI=1S/C26H37O8P.C21H26O5.C6H12F3O6PS.3CH4/c1-5-33-35(31,34-6-2)16-32-15-22(29)26(30)12-10-20-19-8-7-17-13-18(27)9-11-24(17,3)23(19)21(28)14-25(20,26)4;1-19-7-5-13(23)9-12(19)3-4-14-15-6-8-21(26,17(25)11-22)20(15,2)10-16(24)18(14)19;1-3-13-16(10,14-4-2)5-15-17(11,12)6(7,8)9;;;/h9,11,13,19-20,23,30H,5-8,10,12,14-16H2,1-4H3;5,7,9,14-15,18,22,26H,3-4,6,8,10-11H2,1-2H3;3-5H2,1-2H3;3*1H4/t19-,20-,23+,24-,25-,26-;14-,15-,18+,19-,20-,21-;;;;/m00..../s1.